The molecule has 0 saturated carbocycles. The highest BCUT2D eigenvalue weighted by atomic mass is 16.5. The van der Waals surface area contributed by atoms with Crippen LogP contribution in [-0.4, -0.2) is 29.9 Å². The second kappa shape index (κ2) is 5.54. The molecule has 0 amide bonds. The Bertz CT molecular complexity index is 414. The van der Waals surface area contributed by atoms with Crippen molar-refractivity contribution >= 4 is 5.97 Å². The van der Waals surface area contributed by atoms with Crippen molar-refractivity contribution in [3.63, 3.8) is 0 Å². The molecule has 5 nitrogen and oxygen atoms in total. The van der Waals surface area contributed by atoms with Crippen molar-refractivity contribution in [3.8, 4) is 11.5 Å². The van der Waals surface area contributed by atoms with Gasteiger partial charge in [-0.15, -0.1) is 0 Å². The fourth-order valence-electron chi connectivity index (χ4n) is 1.45. The molecule has 1 atom stereocenters. The number of hydrogen-bond acceptors (Lipinski definition) is 5. The van der Waals surface area contributed by atoms with Gasteiger partial charge in [0.05, 0.1) is 13.7 Å². The SMILES string of the molecule is CCOC(=O)C(O)c1cc(OC)cc(C)c1O. The molecule has 1 aromatic carbocycles. The van der Waals surface area contributed by atoms with E-state index >= 15 is 0 Å². The minimum absolute atomic E-state index is 0.0836. The van der Waals surface area contributed by atoms with Gasteiger partial charge in [0.1, 0.15) is 11.5 Å². The van der Waals surface area contributed by atoms with Crippen LogP contribution in [0.1, 0.15) is 24.2 Å². The number of methoxy groups -OCH3 is 1. The number of benzene rings is 1. The lowest BCUT2D eigenvalue weighted by Gasteiger charge is -2.14. The number of rotatable bonds is 4. The van der Waals surface area contributed by atoms with E-state index in [0.717, 1.165) is 0 Å². The van der Waals surface area contributed by atoms with E-state index in [0.29, 0.717) is 11.3 Å². The van der Waals surface area contributed by atoms with Gasteiger partial charge in [0.15, 0.2) is 6.10 Å². The molecule has 0 aliphatic carbocycles. The van der Waals surface area contributed by atoms with Gasteiger partial charge in [0.25, 0.3) is 0 Å². The molecule has 0 aliphatic rings. The number of aromatic hydroxyl groups is 1. The van der Waals surface area contributed by atoms with E-state index in [1.54, 1.807) is 19.9 Å². The molecular formula is C12H16O5. The van der Waals surface area contributed by atoms with Gasteiger partial charge in [-0.05, 0) is 31.5 Å². The van der Waals surface area contributed by atoms with E-state index in [1.807, 2.05) is 0 Å². The summed E-state index contributed by atoms with van der Waals surface area (Å²) >= 11 is 0. The van der Waals surface area contributed by atoms with Gasteiger partial charge in [-0.3, -0.25) is 0 Å². The average Bonchev–Trinajstić information content (AvgIpc) is 2.31. The molecule has 0 aliphatic heterocycles. The van der Waals surface area contributed by atoms with Gasteiger partial charge >= 0.3 is 5.97 Å². The third kappa shape index (κ3) is 2.88. The molecule has 1 unspecified atom stereocenters. The molecule has 1 rings (SSSR count). The molecule has 0 bridgehead atoms. The lowest BCUT2D eigenvalue weighted by atomic mass is 10.0. The Morgan fingerprint density at radius 1 is 1.47 bits per heavy atom. The van der Waals surface area contributed by atoms with E-state index in [2.05, 4.69) is 4.74 Å². The van der Waals surface area contributed by atoms with E-state index in [-0.39, 0.29) is 17.9 Å². The molecule has 17 heavy (non-hydrogen) atoms. The van der Waals surface area contributed by atoms with Crippen molar-refractivity contribution in [2.45, 2.75) is 20.0 Å². The Morgan fingerprint density at radius 3 is 2.65 bits per heavy atom. The highest BCUT2D eigenvalue weighted by Crippen LogP contribution is 2.32. The van der Waals surface area contributed by atoms with Gasteiger partial charge in [-0.1, -0.05) is 0 Å². The number of aliphatic hydroxyl groups is 1. The highest BCUT2D eigenvalue weighted by Gasteiger charge is 2.23. The monoisotopic (exact) mass is 240 g/mol. The Labute approximate surface area is 99.6 Å². The second-order valence-electron chi connectivity index (χ2n) is 3.54. The first-order valence-corrected chi connectivity index (χ1v) is 5.23. The van der Waals surface area contributed by atoms with Crippen molar-refractivity contribution in [2.24, 2.45) is 0 Å². The Balaban J connectivity index is 3.11. The summed E-state index contributed by atoms with van der Waals surface area (Å²) in [4.78, 5) is 11.4. The third-order valence-electron chi connectivity index (χ3n) is 2.34. The zero-order chi connectivity index (χ0) is 13.0. The summed E-state index contributed by atoms with van der Waals surface area (Å²) in [5.74, 6) is -0.472. The highest BCUT2D eigenvalue weighted by molar-refractivity contribution is 5.77. The van der Waals surface area contributed by atoms with Gasteiger partial charge in [0.2, 0.25) is 0 Å². The van der Waals surface area contributed by atoms with Crippen LogP contribution in [0.25, 0.3) is 0 Å². The number of esters is 1. The summed E-state index contributed by atoms with van der Waals surface area (Å²) in [7, 11) is 1.46. The number of carbonyl (C=O) groups excluding carboxylic acids is 1. The number of hydrogen-bond donors (Lipinski definition) is 2. The quantitative estimate of drug-likeness (QED) is 0.776. The molecule has 2 N–H and O–H groups in total. The minimum Gasteiger partial charge on any atom is -0.507 e. The summed E-state index contributed by atoms with van der Waals surface area (Å²) in [6.45, 7) is 3.46. The zero-order valence-corrected chi connectivity index (χ0v) is 10.1. The summed E-state index contributed by atoms with van der Waals surface area (Å²) in [5, 5.41) is 19.5. The van der Waals surface area contributed by atoms with E-state index in [4.69, 9.17) is 4.74 Å². The lowest BCUT2D eigenvalue weighted by molar-refractivity contribution is -0.153. The van der Waals surface area contributed by atoms with Crippen LogP contribution in [0.3, 0.4) is 0 Å². The van der Waals surface area contributed by atoms with E-state index in [9.17, 15) is 15.0 Å². The van der Waals surface area contributed by atoms with Crippen LogP contribution in [0.4, 0.5) is 0 Å². The second-order valence-corrected chi connectivity index (χ2v) is 3.54. The molecule has 0 saturated heterocycles. The molecule has 5 heteroatoms. The van der Waals surface area contributed by atoms with Crippen LogP contribution in [0, 0.1) is 6.92 Å². The molecule has 0 heterocycles. The van der Waals surface area contributed by atoms with Gasteiger partial charge < -0.3 is 19.7 Å². The number of carbonyl (C=O) groups is 1. The van der Waals surface area contributed by atoms with Gasteiger partial charge in [0, 0.05) is 5.56 Å². The Kier molecular flexibility index (Phi) is 4.34. The van der Waals surface area contributed by atoms with E-state index < -0.39 is 12.1 Å². The first-order chi connectivity index (χ1) is 8.01. The molecule has 94 valence electrons. The van der Waals surface area contributed by atoms with Crippen molar-refractivity contribution < 1.29 is 24.5 Å². The lowest BCUT2D eigenvalue weighted by Crippen LogP contribution is -2.15. The largest absolute Gasteiger partial charge is 0.507 e. The van der Waals surface area contributed by atoms with E-state index in [1.165, 1.54) is 13.2 Å². The average molecular weight is 240 g/mol. The number of ether oxygens (including phenoxy) is 2. The Morgan fingerprint density at radius 2 is 2.12 bits per heavy atom. The summed E-state index contributed by atoms with van der Waals surface area (Å²) < 4.78 is 9.69. The zero-order valence-electron chi connectivity index (χ0n) is 10.1. The maximum absolute atomic E-state index is 11.4. The summed E-state index contributed by atoms with van der Waals surface area (Å²) in [5.41, 5.74) is 0.600. The first-order valence-electron chi connectivity index (χ1n) is 5.23. The summed E-state index contributed by atoms with van der Waals surface area (Å²) in [6.07, 6.45) is -1.51. The predicted molar refractivity (Wildman–Crippen MR) is 61.0 cm³/mol. The molecule has 0 aromatic heterocycles. The minimum atomic E-state index is -1.51. The maximum Gasteiger partial charge on any atom is 0.339 e. The number of phenols is 1. The molecule has 0 radical (unpaired) electrons. The van der Waals surface area contributed by atoms with Crippen LogP contribution in [0.2, 0.25) is 0 Å². The van der Waals surface area contributed by atoms with Crippen LogP contribution >= 0.6 is 0 Å². The number of aliphatic hydroxyl groups excluding tert-OH is 1. The van der Waals surface area contributed by atoms with Crippen LogP contribution < -0.4 is 4.74 Å². The smallest absolute Gasteiger partial charge is 0.339 e. The normalized spacial score (nSPS) is 12.0. The number of phenolic OH excluding ortho intramolecular Hbond substituents is 1. The third-order valence-corrected chi connectivity index (χ3v) is 2.34. The van der Waals surface area contributed by atoms with Crippen LogP contribution in [0.5, 0.6) is 11.5 Å². The Hall–Kier alpha value is -1.75. The topological polar surface area (TPSA) is 76.0 Å². The van der Waals surface area contributed by atoms with Gasteiger partial charge in [-0.25, -0.2) is 4.79 Å². The fraction of sp³-hybridized carbons (Fsp3) is 0.417. The van der Waals surface area contributed by atoms with Crippen molar-refractivity contribution in [2.75, 3.05) is 13.7 Å². The fourth-order valence-corrected chi connectivity index (χ4v) is 1.45. The number of aryl methyl sites for hydroxylation is 1. The molecule has 0 spiro atoms. The van der Waals surface area contributed by atoms with Crippen molar-refractivity contribution in [1.82, 2.24) is 0 Å². The van der Waals surface area contributed by atoms with Crippen molar-refractivity contribution in [3.05, 3.63) is 23.3 Å². The first kappa shape index (κ1) is 13.3. The summed E-state index contributed by atoms with van der Waals surface area (Å²) in [6, 6.07) is 3.01. The van der Waals surface area contributed by atoms with Gasteiger partial charge in [-0.2, -0.15) is 0 Å². The maximum atomic E-state index is 11.4. The van der Waals surface area contributed by atoms with Crippen molar-refractivity contribution in [1.29, 1.82) is 0 Å². The molecule has 0 fully saturated rings. The predicted octanol–water partition coefficient (Wildman–Crippen LogP) is 1.31. The molecular weight excluding hydrogens is 224 g/mol. The van der Waals surface area contributed by atoms with Crippen LogP contribution in [-0.2, 0) is 9.53 Å². The standard InChI is InChI=1S/C12H16O5/c1-4-17-12(15)11(14)9-6-8(16-3)5-7(2)10(9)13/h5-6,11,13-14H,4H2,1-3H3. The molecule has 1 aromatic rings. The van der Waals surface area contributed by atoms with Crippen LogP contribution in [0.15, 0.2) is 12.1 Å².